The van der Waals surface area contributed by atoms with Gasteiger partial charge in [-0.25, -0.2) is 0 Å². The number of carbonyl (C=O) groups is 1. The number of hydrogen-bond donors (Lipinski definition) is 1. The number of nitrogens with one attached hydrogen (secondary N) is 1. The molecule has 0 aliphatic rings. The number of amides is 1. The molecule has 0 aromatic heterocycles. The van der Waals surface area contributed by atoms with Gasteiger partial charge >= 0.3 is 6.18 Å². The molecule has 1 aromatic rings. The van der Waals surface area contributed by atoms with Crippen LogP contribution in [0.4, 0.5) is 18.9 Å². The van der Waals surface area contributed by atoms with Crippen LogP contribution in [0, 0.1) is 0 Å². The van der Waals surface area contributed by atoms with Crippen molar-refractivity contribution >= 4 is 27.5 Å². The fourth-order valence-corrected chi connectivity index (χ4v) is 1.51. The SMILES string of the molecule is O=C(COCC(F)(F)F)Nc1ccc(CBr)cc1. The van der Waals surface area contributed by atoms with E-state index in [1.807, 2.05) is 0 Å². The maximum absolute atomic E-state index is 11.8. The van der Waals surface area contributed by atoms with E-state index >= 15 is 0 Å². The van der Waals surface area contributed by atoms with Gasteiger partial charge in [0, 0.05) is 11.0 Å². The molecule has 1 amide bonds. The molecule has 0 unspecified atom stereocenters. The first-order valence-corrected chi connectivity index (χ1v) is 6.12. The summed E-state index contributed by atoms with van der Waals surface area (Å²) in [5.41, 5.74) is 1.54. The highest BCUT2D eigenvalue weighted by Crippen LogP contribution is 2.14. The van der Waals surface area contributed by atoms with E-state index in [0.717, 1.165) is 5.56 Å². The minimum absolute atomic E-state index is 0.514. The highest BCUT2D eigenvalue weighted by atomic mass is 79.9. The van der Waals surface area contributed by atoms with Crippen LogP contribution in [0.15, 0.2) is 24.3 Å². The van der Waals surface area contributed by atoms with Crippen LogP contribution in [0.25, 0.3) is 0 Å². The second kappa shape index (κ2) is 6.75. The van der Waals surface area contributed by atoms with Gasteiger partial charge in [0.05, 0.1) is 0 Å². The molecular weight excluding hydrogens is 315 g/mol. The van der Waals surface area contributed by atoms with Crippen LogP contribution in [0.5, 0.6) is 0 Å². The zero-order valence-corrected chi connectivity index (χ0v) is 10.8. The van der Waals surface area contributed by atoms with Gasteiger partial charge in [0.1, 0.15) is 13.2 Å². The van der Waals surface area contributed by atoms with E-state index < -0.39 is 25.3 Å². The number of carbonyl (C=O) groups excluding carboxylic acids is 1. The van der Waals surface area contributed by atoms with Crippen LogP contribution in [0.2, 0.25) is 0 Å². The lowest BCUT2D eigenvalue weighted by Gasteiger charge is -2.08. The monoisotopic (exact) mass is 325 g/mol. The summed E-state index contributed by atoms with van der Waals surface area (Å²) in [4.78, 5) is 11.2. The first kappa shape index (κ1) is 15.0. The molecule has 0 heterocycles. The van der Waals surface area contributed by atoms with Crippen molar-refractivity contribution in [3.8, 4) is 0 Å². The van der Waals surface area contributed by atoms with E-state index in [-0.39, 0.29) is 0 Å². The first-order valence-electron chi connectivity index (χ1n) is 5.00. The van der Waals surface area contributed by atoms with Crippen molar-refractivity contribution in [3.05, 3.63) is 29.8 Å². The molecule has 0 atom stereocenters. The Morgan fingerprint density at radius 3 is 2.39 bits per heavy atom. The van der Waals surface area contributed by atoms with Gasteiger partial charge in [-0.2, -0.15) is 13.2 Å². The normalized spacial score (nSPS) is 11.3. The van der Waals surface area contributed by atoms with Gasteiger partial charge in [0.25, 0.3) is 0 Å². The van der Waals surface area contributed by atoms with E-state index in [0.29, 0.717) is 11.0 Å². The van der Waals surface area contributed by atoms with Crippen LogP contribution >= 0.6 is 15.9 Å². The van der Waals surface area contributed by atoms with Crippen LogP contribution in [-0.4, -0.2) is 25.3 Å². The molecule has 0 bridgehead atoms. The molecule has 7 heteroatoms. The lowest BCUT2D eigenvalue weighted by Crippen LogP contribution is -2.23. The number of benzene rings is 1. The van der Waals surface area contributed by atoms with Crippen molar-refractivity contribution in [2.45, 2.75) is 11.5 Å². The Labute approximate surface area is 110 Å². The number of hydrogen-bond acceptors (Lipinski definition) is 2. The fraction of sp³-hybridized carbons (Fsp3) is 0.364. The number of rotatable bonds is 5. The van der Waals surface area contributed by atoms with Crippen molar-refractivity contribution < 1.29 is 22.7 Å². The molecule has 1 aromatic carbocycles. The molecule has 100 valence electrons. The lowest BCUT2D eigenvalue weighted by atomic mass is 10.2. The Morgan fingerprint density at radius 2 is 1.89 bits per heavy atom. The van der Waals surface area contributed by atoms with Gasteiger partial charge in [-0.05, 0) is 17.7 Å². The van der Waals surface area contributed by atoms with Crippen molar-refractivity contribution in [1.82, 2.24) is 0 Å². The van der Waals surface area contributed by atoms with Crippen molar-refractivity contribution in [2.24, 2.45) is 0 Å². The molecule has 0 saturated carbocycles. The summed E-state index contributed by atoms with van der Waals surface area (Å²) in [6, 6.07) is 6.92. The van der Waals surface area contributed by atoms with Gasteiger partial charge in [-0.3, -0.25) is 4.79 Å². The predicted octanol–water partition coefficient (Wildman–Crippen LogP) is 3.10. The highest BCUT2D eigenvalue weighted by molar-refractivity contribution is 9.08. The third-order valence-corrected chi connectivity index (χ3v) is 2.54. The minimum atomic E-state index is -4.42. The summed E-state index contributed by atoms with van der Waals surface area (Å²) in [5, 5.41) is 3.12. The summed E-state index contributed by atoms with van der Waals surface area (Å²) in [6.45, 7) is -2.05. The minimum Gasteiger partial charge on any atom is -0.362 e. The summed E-state index contributed by atoms with van der Waals surface area (Å²) < 4.78 is 39.5. The number of anilines is 1. The summed E-state index contributed by atoms with van der Waals surface area (Å²) >= 11 is 3.27. The molecule has 1 rings (SSSR count). The summed E-state index contributed by atoms with van der Waals surface area (Å²) in [5.74, 6) is -0.620. The summed E-state index contributed by atoms with van der Waals surface area (Å²) in [7, 11) is 0. The van der Waals surface area contributed by atoms with Crippen molar-refractivity contribution in [1.29, 1.82) is 0 Å². The third kappa shape index (κ3) is 6.02. The zero-order valence-electron chi connectivity index (χ0n) is 9.26. The largest absolute Gasteiger partial charge is 0.411 e. The average Bonchev–Trinajstić information content (AvgIpc) is 2.28. The van der Waals surface area contributed by atoms with Crippen LogP contribution in [0.1, 0.15) is 5.56 Å². The van der Waals surface area contributed by atoms with Crippen molar-refractivity contribution in [2.75, 3.05) is 18.5 Å². The molecule has 0 aliphatic carbocycles. The molecule has 0 fully saturated rings. The quantitative estimate of drug-likeness (QED) is 0.845. The number of halogens is 4. The average molecular weight is 326 g/mol. The number of alkyl halides is 4. The second-order valence-corrected chi connectivity index (χ2v) is 4.05. The first-order chi connectivity index (χ1) is 8.40. The third-order valence-electron chi connectivity index (χ3n) is 1.89. The molecule has 18 heavy (non-hydrogen) atoms. The van der Waals surface area contributed by atoms with Crippen LogP contribution in [-0.2, 0) is 14.9 Å². The molecule has 0 saturated heterocycles. The maximum Gasteiger partial charge on any atom is 0.411 e. The predicted molar refractivity (Wildman–Crippen MR) is 64.6 cm³/mol. The van der Waals surface area contributed by atoms with E-state index in [1.165, 1.54) is 0 Å². The maximum atomic E-state index is 11.8. The van der Waals surface area contributed by atoms with Gasteiger partial charge in [0.2, 0.25) is 5.91 Å². The van der Waals surface area contributed by atoms with Gasteiger partial charge in [-0.1, -0.05) is 28.1 Å². The van der Waals surface area contributed by atoms with Crippen molar-refractivity contribution in [3.63, 3.8) is 0 Å². The molecule has 0 radical (unpaired) electrons. The smallest absolute Gasteiger partial charge is 0.362 e. The fourth-order valence-electron chi connectivity index (χ4n) is 1.13. The Balaban J connectivity index is 2.35. The van der Waals surface area contributed by atoms with Crippen LogP contribution in [0.3, 0.4) is 0 Å². The molecule has 0 spiro atoms. The molecule has 0 aliphatic heterocycles. The molecule has 3 nitrogen and oxygen atoms in total. The number of ether oxygens (including phenoxy) is 1. The Hall–Kier alpha value is -1.08. The van der Waals surface area contributed by atoms with Gasteiger partial charge in [-0.15, -0.1) is 0 Å². The second-order valence-electron chi connectivity index (χ2n) is 3.49. The lowest BCUT2D eigenvalue weighted by molar-refractivity contribution is -0.174. The topological polar surface area (TPSA) is 38.3 Å². The van der Waals surface area contributed by atoms with Gasteiger partial charge < -0.3 is 10.1 Å². The Kier molecular flexibility index (Phi) is 5.61. The Morgan fingerprint density at radius 1 is 1.28 bits per heavy atom. The van der Waals surface area contributed by atoms with Gasteiger partial charge in [0.15, 0.2) is 0 Å². The van der Waals surface area contributed by atoms with E-state index in [9.17, 15) is 18.0 Å². The highest BCUT2D eigenvalue weighted by Gasteiger charge is 2.27. The summed E-state index contributed by atoms with van der Waals surface area (Å²) in [6.07, 6.45) is -4.42. The standard InChI is InChI=1S/C11H11BrF3NO2/c12-5-8-1-3-9(4-2-8)16-10(17)6-18-7-11(13,14)15/h1-4H,5-7H2,(H,16,17). The zero-order chi connectivity index (χ0) is 13.6. The van der Waals surface area contributed by atoms with E-state index in [2.05, 4.69) is 26.0 Å². The molecule has 1 N–H and O–H groups in total. The van der Waals surface area contributed by atoms with Crippen LogP contribution < -0.4 is 5.32 Å². The Bertz CT molecular complexity index is 392. The van der Waals surface area contributed by atoms with E-state index in [4.69, 9.17) is 0 Å². The molecular formula is C11H11BrF3NO2. The van der Waals surface area contributed by atoms with E-state index in [1.54, 1.807) is 24.3 Å².